The molecule has 0 aromatic rings. The molecule has 0 saturated heterocycles. The Hall–Kier alpha value is -2.58. The van der Waals surface area contributed by atoms with Crippen LogP contribution in [0.15, 0.2) is 11.6 Å². The fraction of sp³-hybridized carbons (Fsp3) is 0.600. The summed E-state index contributed by atoms with van der Waals surface area (Å²) in [6.07, 6.45) is 0.306. The van der Waals surface area contributed by atoms with Crippen molar-refractivity contribution in [1.82, 2.24) is 5.32 Å². The summed E-state index contributed by atoms with van der Waals surface area (Å²) in [5.41, 5.74) is 6.53. The Kier molecular flexibility index (Phi) is 7.43. The Bertz CT molecular complexity index is 550. The molecular formula is C15H25N3O6. The molecule has 0 aliphatic rings. The molecule has 24 heavy (non-hydrogen) atoms. The molecule has 0 saturated carbocycles. The molecule has 9 heteroatoms. The van der Waals surface area contributed by atoms with E-state index in [0.717, 1.165) is 0 Å². The number of carbonyl (C=O) groups is 4. The zero-order chi connectivity index (χ0) is 19.1. The van der Waals surface area contributed by atoms with Gasteiger partial charge in [0.2, 0.25) is 11.8 Å². The fourth-order valence-electron chi connectivity index (χ4n) is 2.01. The van der Waals surface area contributed by atoms with Gasteiger partial charge in [-0.2, -0.15) is 0 Å². The Morgan fingerprint density at radius 3 is 2.04 bits per heavy atom. The van der Waals surface area contributed by atoms with Gasteiger partial charge in [0.05, 0.1) is 5.57 Å². The molecule has 0 aromatic carbocycles. The largest absolute Gasteiger partial charge is 0.479 e. The quantitative estimate of drug-likeness (QED) is 0.467. The zero-order valence-electron chi connectivity index (χ0n) is 14.3. The summed E-state index contributed by atoms with van der Waals surface area (Å²) in [7, 11) is 0. The van der Waals surface area contributed by atoms with Crippen molar-refractivity contribution in [2.45, 2.75) is 58.1 Å². The summed E-state index contributed by atoms with van der Waals surface area (Å²) < 4.78 is 5.05. The third-order valence-corrected chi connectivity index (χ3v) is 3.00. The van der Waals surface area contributed by atoms with Crippen LogP contribution >= 0.6 is 0 Å². The summed E-state index contributed by atoms with van der Waals surface area (Å²) in [4.78, 5) is 46.8. The normalized spacial score (nSPS) is 14.4. The molecule has 3 amide bonds. The lowest BCUT2D eigenvalue weighted by Gasteiger charge is -2.32. The molecule has 1 unspecified atom stereocenters. The van der Waals surface area contributed by atoms with Crippen LogP contribution in [0.1, 0.15) is 47.0 Å². The molecule has 0 fully saturated rings. The van der Waals surface area contributed by atoms with E-state index in [1.807, 2.05) is 0 Å². The minimum atomic E-state index is -2.21. The standard InChI is InChI=1S/C15H25N3O6/c1-5-6-7-15(12(21)22,9(11(17)20)8-10(16)19)18-13(23)24-14(2,3)4/h8H,5-7H2,1-4H3,(H2,16,19)(H2,17,20)(H,18,23)(H,21,22)/b9-8-. The van der Waals surface area contributed by atoms with E-state index in [2.05, 4.69) is 5.32 Å². The highest BCUT2D eigenvalue weighted by Gasteiger charge is 2.46. The van der Waals surface area contributed by atoms with E-state index in [1.165, 1.54) is 0 Å². The average molecular weight is 343 g/mol. The second-order valence-corrected chi connectivity index (χ2v) is 6.27. The number of alkyl carbamates (subject to hydrolysis) is 1. The predicted molar refractivity (Wildman–Crippen MR) is 85.7 cm³/mol. The number of nitrogens with two attached hydrogens (primary N) is 2. The Morgan fingerprint density at radius 2 is 1.71 bits per heavy atom. The van der Waals surface area contributed by atoms with Crippen molar-refractivity contribution in [2.24, 2.45) is 11.5 Å². The first kappa shape index (κ1) is 21.4. The number of carbonyl (C=O) groups excluding carboxylic acids is 3. The maximum absolute atomic E-state index is 12.1. The van der Waals surface area contributed by atoms with Crippen molar-refractivity contribution in [3.8, 4) is 0 Å². The van der Waals surface area contributed by atoms with Crippen LogP contribution in [0, 0.1) is 0 Å². The number of aliphatic carboxylic acids is 1. The lowest BCUT2D eigenvalue weighted by atomic mass is 9.83. The predicted octanol–water partition coefficient (Wildman–Crippen LogP) is 0.422. The van der Waals surface area contributed by atoms with Gasteiger partial charge in [-0.1, -0.05) is 19.8 Å². The highest BCUT2D eigenvalue weighted by Crippen LogP contribution is 2.25. The maximum atomic E-state index is 12.1. The smallest absolute Gasteiger partial charge is 0.408 e. The van der Waals surface area contributed by atoms with E-state index >= 15 is 0 Å². The summed E-state index contributed by atoms with van der Waals surface area (Å²) in [6, 6.07) is 0. The molecule has 0 radical (unpaired) electrons. The van der Waals surface area contributed by atoms with Crippen molar-refractivity contribution in [3.05, 3.63) is 11.6 Å². The van der Waals surface area contributed by atoms with Gasteiger partial charge >= 0.3 is 12.1 Å². The van der Waals surface area contributed by atoms with Crippen molar-refractivity contribution < 1.29 is 29.0 Å². The summed E-state index contributed by atoms with van der Waals surface area (Å²) in [5.74, 6) is -3.78. The van der Waals surface area contributed by atoms with Gasteiger partial charge in [0.15, 0.2) is 5.54 Å². The molecule has 136 valence electrons. The van der Waals surface area contributed by atoms with E-state index < -0.39 is 40.6 Å². The van der Waals surface area contributed by atoms with Crippen molar-refractivity contribution in [3.63, 3.8) is 0 Å². The van der Waals surface area contributed by atoms with Crippen LogP contribution < -0.4 is 16.8 Å². The lowest BCUT2D eigenvalue weighted by molar-refractivity contribution is -0.144. The molecule has 0 aliphatic heterocycles. The minimum absolute atomic E-state index is 0.167. The summed E-state index contributed by atoms with van der Waals surface area (Å²) in [5, 5.41) is 11.8. The van der Waals surface area contributed by atoms with Crippen LogP contribution in [0.2, 0.25) is 0 Å². The van der Waals surface area contributed by atoms with Crippen molar-refractivity contribution >= 4 is 23.9 Å². The Balaban J connectivity index is 6.05. The number of rotatable bonds is 8. The highest BCUT2D eigenvalue weighted by molar-refractivity contribution is 6.08. The number of primary amides is 2. The van der Waals surface area contributed by atoms with Gasteiger partial charge in [-0.05, 0) is 27.2 Å². The molecule has 1 atom stereocenters. The van der Waals surface area contributed by atoms with Gasteiger partial charge in [0.25, 0.3) is 0 Å². The van der Waals surface area contributed by atoms with Crippen LogP contribution in [0.25, 0.3) is 0 Å². The topological polar surface area (TPSA) is 162 Å². The number of carboxylic acids is 1. The van der Waals surface area contributed by atoms with E-state index in [-0.39, 0.29) is 6.42 Å². The average Bonchev–Trinajstić information content (AvgIpc) is 2.38. The van der Waals surface area contributed by atoms with Crippen LogP contribution in [0.3, 0.4) is 0 Å². The lowest BCUT2D eigenvalue weighted by Crippen LogP contribution is -2.59. The van der Waals surface area contributed by atoms with Gasteiger partial charge in [0, 0.05) is 6.08 Å². The monoisotopic (exact) mass is 343 g/mol. The molecule has 9 nitrogen and oxygen atoms in total. The van der Waals surface area contributed by atoms with Gasteiger partial charge in [0.1, 0.15) is 5.60 Å². The molecule has 0 heterocycles. The Morgan fingerprint density at radius 1 is 1.17 bits per heavy atom. The number of ether oxygens (including phenoxy) is 1. The van der Waals surface area contributed by atoms with Crippen molar-refractivity contribution in [1.29, 1.82) is 0 Å². The van der Waals surface area contributed by atoms with Crippen LogP contribution in [0.5, 0.6) is 0 Å². The van der Waals surface area contributed by atoms with Crippen LogP contribution in [-0.4, -0.2) is 40.1 Å². The molecule has 0 rings (SSSR count). The van der Waals surface area contributed by atoms with Gasteiger partial charge in [-0.25, -0.2) is 9.59 Å². The third kappa shape index (κ3) is 6.27. The number of unbranched alkanes of at least 4 members (excludes halogenated alkanes) is 1. The molecule has 6 N–H and O–H groups in total. The summed E-state index contributed by atoms with van der Waals surface area (Å²) in [6.45, 7) is 6.57. The number of nitrogens with one attached hydrogen (secondary N) is 1. The molecule has 0 bridgehead atoms. The first-order valence-corrected chi connectivity index (χ1v) is 7.41. The zero-order valence-corrected chi connectivity index (χ0v) is 14.3. The molecule has 0 spiro atoms. The van der Waals surface area contributed by atoms with E-state index in [9.17, 15) is 24.3 Å². The maximum Gasteiger partial charge on any atom is 0.408 e. The molecule has 0 aliphatic carbocycles. The minimum Gasteiger partial charge on any atom is -0.479 e. The fourth-order valence-corrected chi connectivity index (χ4v) is 2.01. The van der Waals surface area contributed by atoms with Crippen LogP contribution in [-0.2, 0) is 19.1 Å². The molecule has 0 aromatic heterocycles. The van der Waals surface area contributed by atoms with E-state index in [1.54, 1.807) is 27.7 Å². The van der Waals surface area contributed by atoms with Gasteiger partial charge < -0.3 is 26.6 Å². The number of amides is 3. The third-order valence-electron chi connectivity index (χ3n) is 3.00. The molecular weight excluding hydrogens is 318 g/mol. The Labute approximate surface area is 140 Å². The highest BCUT2D eigenvalue weighted by atomic mass is 16.6. The second-order valence-electron chi connectivity index (χ2n) is 6.27. The van der Waals surface area contributed by atoms with E-state index in [4.69, 9.17) is 16.2 Å². The van der Waals surface area contributed by atoms with Crippen LogP contribution in [0.4, 0.5) is 4.79 Å². The van der Waals surface area contributed by atoms with Gasteiger partial charge in [-0.3, -0.25) is 9.59 Å². The summed E-state index contributed by atoms with van der Waals surface area (Å²) >= 11 is 0. The number of carboxylic acid groups (broad SMARTS) is 1. The first-order valence-electron chi connectivity index (χ1n) is 7.41. The number of hydrogen-bond acceptors (Lipinski definition) is 5. The SMILES string of the molecule is CCCCC(NC(=O)OC(C)(C)C)(C(=O)O)/C(=C\C(N)=O)C(N)=O. The van der Waals surface area contributed by atoms with Gasteiger partial charge in [-0.15, -0.1) is 0 Å². The van der Waals surface area contributed by atoms with Crippen molar-refractivity contribution in [2.75, 3.05) is 0 Å². The first-order chi connectivity index (χ1) is 10.9. The second kappa shape index (κ2) is 8.32. The number of hydrogen-bond donors (Lipinski definition) is 4. The van der Waals surface area contributed by atoms with E-state index in [0.29, 0.717) is 18.9 Å².